The third kappa shape index (κ3) is 3.82. The van der Waals surface area contributed by atoms with Crippen molar-refractivity contribution >= 4 is 5.91 Å². The summed E-state index contributed by atoms with van der Waals surface area (Å²) in [6.07, 6.45) is 3.53. The Bertz CT molecular complexity index is 1180. The summed E-state index contributed by atoms with van der Waals surface area (Å²) in [6.45, 7) is 2.36. The van der Waals surface area contributed by atoms with Crippen molar-refractivity contribution in [2.75, 3.05) is 6.79 Å². The van der Waals surface area contributed by atoms with Gasteiger partial charge in [0.25, 0.3) is 5.92 Å². The lowest BCUT2D eigenvalue weighted by molar-refractivity contribution is -0.133. The fourth-order valence-corrected chi connectivity index (χ4v) is 7.74. The summed E-state index contributed by atoms with van der Waals surface area (Å²) in [5.74, 6) is -1.02. The van der Waals surface area contributed by atoms with Crippen molar-refractivity contribution in [3.63, 3.8) is 0 Å². The Balaban J connectivity index is 1.14. The van der Waals surface area contributed by atoms with E-state index in [1.807, 2.05) is 30.3 Å². The summed E-state index contributed by atoms with van der Waals surface area (Å²) in [6, 6.07) is 11.1. The molecule has 1 aliphatic heterocycles. The second kappa shape index (κ2) is 8.63. The van der Waals surface area contributed by atoms with E-state index in [1.165, 1.54) is 5.56 Å². The van der Waals surface area contributed by atoms with Gasteiger partial charge < -0.3 is 19.9 Å². The normalized spacial score (nSPS) is 31.3. The Morgan fingerprint density at radius 3 is 2.83 bits per heavy atom. The Kier molecular flexibility index (Phi) is 5.65. The minimum Gasteiger partial charge on any atom is -0.508 e. The zero-order valence-electron chi connectivity index (χ0n) is 20.6. The molecular weight excluding hydrogens is 464 g/mol. The Labute approximate surface area is 210 Å². The zero-order chi connectivity index (χ0) is 25.1. The maximum absolute atomic E-state index is 15.5. The zero-order valence-corrected chi connectivity index (χ0v) is 20.6. The number of rotatable bonds is 5. The van der Waals surface area contributed by atoms with E-state index < -0.39 is 11.3 Å². The lowest BCUT2D eigenvalue weighted by Gasteiger charge is -2.51. The monoisotopic (exact) mass is 497 g/mol. The number of carbonyl (C=O) groups excluding carboxylic acids is 1. The number of aryl methyl sites for hydroxylation is 1. The molecule has 0 saturated heterocycles. The minimum absolute atomic E-state index is 0.102. The molecule has 2 fully saturated rings. The van der Waals surface area contributed by atoms with Gasteiger partial charge in [-0.25, -0.2) is 8.78 Å². The van der Waals surface area contributed by atoms with Crippen LogP contribution in [0.15, 0.2) is 36.4 Å². The van der Waals surface area contributed by atoms with Crippen molar-refractivity contribution in [3.8, 4) is 17.2 Å². The molecule has 0 spiro atoms. The summed E-state index contributed by atoms with van der Waals surface area (Å²) < 4.78 is 41.7. The summed E-state index contributed by atoms with van der Waals surface area (Å²) in [4.78, 5) is 12.7. The maximum Gasteiger partial charge on any atom is 0.253 e. The first kappa shape index (κ1) is 23.6. The lowest BCUT2D eigenvalue weighted by Crippen LogP contribution is -2.47. The summed E-state index contributed by atoms with van der Waals surface area (Å²) in [7, 11) is 0. The van der Waals surface area contributed by atoms with Crippen molar-refractivity contribution in [1.82, 2.24) is 5.32 Å². The Morgan fingerprint density at radius 1 is 1.14 bits per heavy atom. The van der Waals surface area contributed by atoms with Gasteiger partial charge in [-0.15, -0.1) is 0 Å². The van der Waals surface area contributed by atoms with Gasteiger partial charge in [0.2, 0.25) is 12.7 Å². The van der Waals surface area contributed by atoms with E-state index in [0.29, 0.717) is 30.9 Å². The van der Waals surface area contributed by atoms with Crippen LogP contribution in [-0.2, 0) is 17.8 Å². The van der Waals surface area contributed by atoms with Gasteiger partial charge in [0.05, 0.1) is 0 Å². The first-order valence-corrected chi connectivity index (χ1v) is 13.1. The molecule has 6 rings (SSSR count). The molecule has 2 aromatic carbocycles. The number of phenolic OH excluding ortho intramolecular Hbond substituents is 1. The van der Waals surface area contributed by atoms with Crippen LogP contribution in [0.25, 0.3) is 0 Å². The van der Waals surface area contributed by atoms with Crippen LogP contribution in [0.5, 0.6) is 17.2 Å². The number of halogens is 2. The molecule has 4 aliphatic rings. The van der Waals surface area contributed by atoms with Crippen LogP contribution in [0.2, 0.25) is 0 Å². The lowest BCUT2D eigenvalue weighted by atomic mass is 9.53. The van der Waals surface area contributed by atoms with Crippen molar-refractivity contribution in [1.29, 1.82) is 0 Å². The molecule has 5 nitrogen and oxygen atoms in total. The summed E-state index contributed by atoms with van der Waals surface area (Å²) in [5.41, 5.74) is 2.27. The smallest absolute Gasteiger partial charge is 0.253 e. The minimum atomic E-state index is -2.72. The highest BCUT2D eigenvalue weighted by Crippen LogP contribution is 2.68. The van der Waals surface area contributed by atoms with Crippen molar-refractivity contribution in [2.24, 2.45) is 23.2 Å². The molecule has 7 heteroatoms. The predicted octanol–water partition coefficient (Wildman–Crippen LogP) is 5.94. The molecule has 1 heterocycles. The van der Waals surface area contributed by atoms with Gasteiger partial charge in [0.15, 0.2) is 11.5 Å². The Hall–Kier alpha value is -2.83. The summed E-state index contributed by atoms with van der Waals surface area (Å²) in [5, 5.41) is 12.9. The number of benzene rings is 2. The average molecular weight is 498 g/mol. The fraction of sp³-hybridized carbons (Fsp3) is 0.552. The molecule has 2 N–H and O–H groups in total. The second-order valence-electron chi connectivity index (χ2n) is 11.3. The van der Waals surface area contributed by atoms with Crippen LogP contribution in [0.1, 0.15) is 68.1 Å². The van der Waals surface area contributed by atoms with Crippen molar-refractivity contribution in [3.05, 3.63) is 53.1 Å². The molecular formula is C29H33F2NO4. The van der Waals surface area contributed by atoms with E-state index in [0.717, 1.165) is 30.4 Å². The number of aromatic hydroxyl groups is 1. The van der Waals surface area contributed by atoms with Gasteiger partial charge in [-0.05, 0) is 96.7 Å². The van der Waals surface area contributed by atoms with Crippen LogP contribution in [-0.4, -0.2) is 23.7 Å². The molecule has 0 bridgehead atoms. The molecule has 2 aromatic rings. The molecule has 0 radical (unpaired) electrons. The number of amides is 1. The van der Waals surface area contributed by atoms with Crippen LogP contribution in [0, 0.1) is 23.2 Å². The van der Waals surface area contributed by atoms with Crippen molar-refractivity contribution < 1.29 is 28.2 Å². The molecule has 1 amide bonds. The fourth-order valence-electron chi connectivity index (χ4n) is 7.74. The first-order chi connectivity index (χ1) is 17.2. The topological polar surface area (TPSA) is 67.8 Å². The number of carbonyl (C=O) groups is 1. The highest BCUT2D eigenvalue weighted by atomic mass is 19.3. The van der Waals surface area contributed by atoms with Crippen LogP contribution in [0.4, 0.5) is 8.78 Å². The standard InChI is InChI=1S/C29H33F2NO4/c1-28-11-10-22-21-7-5-20(33)13-18(21)3-6-23(22)27(28)19(14-29(28,30)31)4-9-26(34)32-15-17-2-8-24-25(12-17)36-16-35-24/h2,5,7-8,12-13,19,22-23,27,33H,3-4,6,9-11,14-16H2,1H3,(H,32,34)/t19-,22-,23-,27+,28+/m1/s1. The predicted molar refractivity (Wildman–Crippen MR) is 130 cm³/mol. The van der Waals surface area contributed by atoms with Gasteiger partial charge in [-0.2, -0.15) is 0 Å². The third-order valence-corrected chi connectivity index (χ3v) is 9.49. The third-order valence-electron chi connectivity index (χ3n) is 9.49. The van der Waals surface area contributed by atoms with E-state index >= 15 is 8.78 Å². The first-order valence-electron chi connectivity index (χ1n) is 13.1. The van der Waals surface area contributed by atoms with Crippen LogP contribution in [0.3, 0.4) is 0 Å². The molecule has 192 valence electrons. The van der Waals surface area contributed by atoms with Gasteiger partial charge in [0.1, 0.15) is 5.75 Å². The highest BCUT2D eigenvalue weighted by molar-refractivity contribution is 5.75. The molecule has 5 atom stereocenters. The number of hydrogen-bond acceptors (Lipinski definition) is 4. The van der Waals surface area contributed by atoms with E-state index in [-0.39, 0.29) is 55.0 Å². The van der Waals surface area contributed by atoms with Gasteiger partial charge >= 0.3 is 0 Å². The van der Waals surface area contributed by atoms with Crippen LogP contribution < -0.4 is 14.8 Å². The molecule has 0 unspecified atom stereocenters. The van der Waals surface area contributed by atoms with E-state index in [9.17, 15) is 9.90 Å². The van der Waals surface area contributed by atoms with E-state index in [2.05, 4.69) is 5.32 Å². The number of hydrogen-bond donors (Lipinski definition) is 2. The summed E-state index contributed by atoms with van der Waals surface area (Å²) >= 11 is 0. The largest absolute Gasteiger partial charge is 0.508 e. The average Bonchev–Trinajstić information content (AvgIpc) is 3.40. The number of fused-ring (bicyclic) bond motifs is 6. The van der Waals surface area contributed by atoms with Gasteiger partial charge in [-0.1, -0.05) is 19.1 Å². The SMILES string of the molecule is C[C@]12CC[C@@H]3c4ccc(O)cc4CC[C@H]3[C@@H]1[C@H](CCC(=O)NCc1ccc3c(c1)OCO3)CC2(F)F. The highest BCUT2D eigenvalue weighted by Gasteiger charge is 2.67. The molecule has 36 heavy (non-hydrogen) atoms. The van der Waals surface area contributed by atoms with Crippen molar-refractivity contribution in [2.45, 2.75) is 70.3 Å². The Morgan fingerprint density at radius 2 is 1.97 bits per heavy atom. The number of nitrogens with one attached hydrogen (secondary N) is 1. The molecule has 2 saturated carbocycles. The molecule has 0 aromatic heterocycles. The number of ether oxygens (including phenoxy) is 2. The maximum atomic E-state index is 15.5. The number of phenols is 1. The number of alkyl halides is 2. The quantitative estimate of drug-likeness (QED) is 0.537. The van der Waals surface area contributed by atoms with Gasteiger partial charge in [-0.3, -0.25) is 4.79 Å². The van der Waals surface area contributed by atoms with Gasteiger partial charge in [0, 0.05) is 24.8 Å². The molecule has 3 aliphatic carbocycles. The van der Waals surface area contributed by atoms with E-state index in [4.69, 9.17) is 9.47 Å². The van der Waals surface area contributed by atoms with E-state index in [1.54, 1.807) is 13.0 Å². The second-order valence-corrected chi connectivity index (χ2v) is 11.3. The van der Waals surface area contributed by atoms with Crippen LogP contribution >= 0.6 is 0 Å².